The highest BCUT2D eigenvalue weighted by atomic mass is 32.2. The molecule has 0 N–H and O–H groups in total. The predicted octanol–water partition coefficient (Wildman–Crippen LogP) is 4.12. The molecule has 110 valence electrons. The zero-order valence-corrected chi connectivity index (χ0v) is 14.0. The Balaban J connectivity index is 2.12. The van der Waals surface area contributed by atoms with Crippen molar-refractivity contribution in [1.82, 2.24) is 4.57 Å². The van der Waals surface area contributed by atoms with Crippen LogP contribution in [0.2, 0.25) is 0 Å². The van der Waals surface area contributed by atoms with Crippen LogP contribution in [-0.2, 0) is 13.1 Å². The molecule has 2 rings (SSSR count). The Hall–Kier alpha value is -0.960. The fraction of sp³-hybridized carbons (Fsp3) is 0.588. The molecule has 1 heterocycles. The Morgan fingerprint density at radius 2 is 1.90 bits per heavy atom. The molecule has 0 amide bonds. The van der Waals surface area contributed by atoms with Crippen LogP contribution in [0.25, 0.3) is 11.0 Å². The minimum absolute atomic E-state index is 0.677. The normalized spacial score (nSPS) is 11.9. The van der Waals surface area contributed by atoms with Gasteiger partial charge in [-0.3, -0.25) is 0 Å². The fourth-order valence-corrected chi connectivity index (χ4v) is 3.28. The molecule has 1 aromatic heterocycles. The standard InChI is InChI=1S/C17H27N2S/c1-14(2)12-19-13-18(10-7-11-20-15(3)4)16-8-5-6-9-17(16)19/h5-6,8-9,13-15H,7,10-12H2,1-4H3/q+1. The number of hydrogen-bond donors (Lipinski definition) is 0. The fourth-order valence-electron chi connectivity index (χ4n) is 2.51. The van der Waals surface area contributed by atoms with Crippen LogP contribution in [0, 0.1) is 5.92 Å². The van der Waals surface area contributed by atoms with E-state index in [0.29, 0.717) is 5.92 Å². The summed E-state index contributed by atoms with van der Waals surface area (Å²) in [5.74, 6) is 1.92. The molecule has 0 saturated carbocycles. The molecule has 0 radical (unpaired) electrons. The van der Waals surface area contributed by atoms with Crippen molar-refractivity contribution in [1.29, 1.82) is 0 Å². The minimum Gasteiger partial charge on any atom is -0.230 e. The van der Waals surface area contributed by atoms with Crippen molar-refractivity contribution in [2.75, 3.05) is 5.75 Å². The molecular formula is C17H27N2S+. The SMILES string of the molecule is CC(C)C[n+]1cn(CCCSC(C)C)c2ccccc21. The smallest absolute Gasteiger partial charge is 0.230 e. The van der Waals surface area contributed by atoms with Crippen molar-refractivity contribution >= 4 is 22.8 Å². The first-order valence-corrected chi connectivity index (χ1v) is 8.71. The maximum atomic E-state index is 2.42. The molecule has 0 saturated heterocycles. The molecule has 0 aliphatic carbocycles. The summed E-state index contributed by atoms with van der Waals surface area (Å²) in [6, 6.07) is 8.75. The van der Waals surface area contributed by atoms with E-state index in [9.17, 15) is 0 Å². The highest BCUT2D eigenvalue weighted by molar-refractivity contribution is 7.99. The van der Waals surface area contributed by atoms with E-state index in [2.05, 4.69) is 79.2 Å². The summed E-state index contributed by atoms with van der Waals surface area (Å²) >= 11 is 2.05. The van der Waals surface area contributed by atoms with Crippen molar-refractivity contribution in [3.8, 4) is 0 Å². The van der Waals surface area contributed by atoms with Crippen LogP contribution >= 0.6 is 11.8 Å². The maximum Gasteiger partial charge on any atom is 0.244 e. The second-order valence-corrected chi connectivity index (χ2v) is 7.80. The van der Waals surface area contributed by atoms with Gasteiger partial charge in [0.05, 0.1) is 13.1 Å². The Kier molecular flexibility index (Phi) is 5.53. The molecule has 0 unspecified atom stereocenters. The maximum absolute atomic E-state index is 2.42. The van der Waals surface area contributed by atoms with Crippen LogP contribution < -0.4 is 4.57 Å². The van der Waals surface area contributed by atoms with Crippen LogP contribution in [0.5, 0.6) is 0 Å². The van der Waals surface area contributed by atoms with Crippen molar-refractivity contribution in [3.63, 3.8) is 0 Å². The van der Waals surface area contributed by atoms with E-state index in [4.69, 9.17) is 0 Å². The highest BCUT2D eigenvalue weighted by Gasteiger charge is 2.15. The molecule has 0 fully saturated rings. The van der Waals surface area contributed by atoms with Gasteiger partial charge in [-0.2, -0.15) is 11.8 Å². The molecule has 2 aromatic rings. The van der Waals surface area contributed by atoms with Crippen LogP contribution in [-0.4, -0.2) is 15.6 Å². The van der Waals surface area contributed by atoms with E-state index in [1.807, 2.05) is 0 Å². The third-order valence-corrected chi connectivity index (χ3v) is 4.53. The lowest BCUT2D eigenvalue weighted by atomic mass is 10.2. The van der Waals surface area contributed by atoms with Crippen molar-refractivity contribution in [2.24, 2.45) is 5.92 Å². The quantitative estimate of drug-likeness (QED) is 0.551. The van der Waals surface area contributed by atoms with Crippen molar-refractivity contribution in [2.45, 2.75) is 52.5 Å². The molecule has 0 spiro atoms. The number of imidazole rings is 1. The lowest BCUT2D eigenvalue weighted by Crippen LogP contribution is -2.34. The van der Waals surface area contributed by atoms with E-state index in [1.165, 1.54) is 23.2 Å². The summed E-state index contributed by atoms with van der Waals surface area (Å²) in [7, 11) is 0. The Morgan fingerprint density at radius 1 is 1.15 bits per heavy atom. The van der Waals surface area contributed by atoms with Gasteiger partial charge in [-0.1, -0.05) is 39.8 Å². The van der Waals surface area contributed by atoms with E-state index in [0.717, 1.165) is 18.3 Å². The van der Waals surface area contributed by atoms with Crippen molar-refractivity contribution in [3.05, 3.63) is 30.6 Å². The lowest BCUT2D eigenvalue weighted by Gasteiger charge is -2.03. The van der Waals surface area contributed by atoms with E-state index in [1.54, 1.807) is 0 Å². The zero-order chi connectivity index (χ0) is 14.5. The highest BCUT2D eigenvalue weighted by Crippen LogP contribution is 2.14. The largest absolute Gasteiger partial charge is 0.244 e. The van der Waals surface area contributed by atoms with Crippen LogP contribution in [0.4, 0.5) is 0 Å². The third kappa shape index (κ3) is 4.02. The first-order valence-electron chi connectivity index (χ1n) is 7.67. The molecular weight excluding hydrogens is 264 g/mol. The number of thioether (sulfide) groups is 1. The number of benzene rings is 1. The molecule has 0 bridgehead atoms. The van der Waals surface area contributed by atoms with Crippen LogP contribution in [0.3, 0.4) is 0 Å². The number of rotatable bonds is 7. The molecule has 0 atom stereocenters. The van der Waals surface area contributed by atoms with Gasteiger partial charge in [0, 0.05) is 0 Å². The predicted molar refractivity (Wildman–Crippen MR) is 89.2 cm³/mol. The average molecular weight is 291 g/mol. The Labute approximate surface area is 127 Å². The number of fused-ring (bicyclic) bond motifs is 1. The van der Waals surface area contributed by atoms with Gasteiger partial charge in [-0.15, -0.1) is 0 Å². The van der Waals surface area contributed by atoms with Gasteiger partial charge in [-0.05, 0) is 35.5 Å². The van der Waals surface area contributed by atoms with Gasteiger partial charge >= 0.3 is 0 Å². The number of aryl methyl sites for hydroxylation is 1. The van der Waals surface area contributed by atoms with Gasteiger partial charge in [0.2, 0.25) is 6.33 Å². The van der Waals surface area contributed by atoms with Crippen LogP contribution in [0.1, 0.15) is 34.1 Å². The summed E-state index contributed by atoms with van der Waals surface area (Å²) in [6.07, 6.45) is 3.54. The van der Waals surface area contributed by atoms with Gasteiger partial charge in [0.15, 0.2) is 11.0 Å². The first kappa shape index (κ1) is 15.4. The second kappa shape index (κ2) is 7.16. The van der Waals surface area contributed by atoms with Crippen molar-refractivity contribution < 1.29 is 4.57 Å². The van der Waals surface area contributed by atoms with Gasteiger partial charge in [0.1, 0.15) is 0 Å². The van der Waals surface area contributed by atoms with Gasteiger partial charge < -0.3 is 0 Å². The summed E-state index contributed by atoms with van der Waals surface area (Å²) < 4.78 is 4.81. The molecule has 0 aliphatic heterocycles. The summed E-state index contributed by atoms with van der Waals surface area (Å²) in [6.45, 7) is 11.3. The lowest BCUT2D eigenvalue weighted by molar-refractivity contribution is -0.677. The minimum atomic E-state index is 0.677. The molecule has 2 nitrogen and oxygen atoms in total. The molecule has 3 heteroatoms. The average Bonchev–Trinajstić information content (AvgIpc) is 2.73. The van der Waals surface area contributed by atoms with E-state index >= 15 is 0 Å². The van der Waals surface area contributed by atoms with Crippen LogP contribution in [0.15, 0.2) is 30.6 Å². The Morgan fingerprint density at radius 3 is 2.60 bits per heavy atom. The summed E-state index contributed by atoms with van der Waals surface area (Å²) in [5, 5.41) is 0.738. The van der Waals surface area contributed by atoms with E-state index in [-0.39, 0.29) is 0 Å². The second-order valence-electron chi connectivity index (χ2n) is 6.12. The number of aromatic nitrogens is 2. The zero-order valence-electron chi connectivity index (χ0n) is 13.2. The molecule has 20 heavy (non-hydrogen) atoms. The number of hydrogen-bond acceptors (Lipinski definition) is 1. The Bertz CT molecular complexity index is 543. The molecule has 0 aliphatic rings. The van der Waals surface area contributed by atoms with Gasteiger partial charge in [-0.25, -0.2) is 9.13 Å². The summed E-state index contributed by atoms with van der Waals surface area (Å²) in [5.41, 5.74) is 2.72. The first-order chi connectivity index (χ1) is 9.58. The van der Waals surface area contributed by atoms with E-state index < -0.39 is 0 Å². The topological polar surface area (TPSA) is 8.81 Å². The number of para-hydroxylation sites is 2. The van der Waals surface area contributed by atoms with Gasteiger partial charge in [0.25, 0.3) is 0 Å². The number of nitrogens with zero attached hydrogens (tertiary/aromatic N) is 2. The third-order valence-electron chi connectivity index (χ3n) is 3.34. The molecule has 1 aromatic carbocycles. The summed E-state index contributed by atoms with van der Waals surface area (Å²) in [4.78, 5) is 0. The monoisotopic (exact) mass is 291 g/mol.